The van der Waals surface area contributed by atoms with Crippen molar-refractivity contribution in [2.75, 3.05) is 12.4 Å². The van der Waals surface area contributed by atoms with Gasteiger partial charge in [0.1, 0.15) is 11.3 Å². The first-order valence-corrected chi connectivity index (χ1v) is 5.82. The Morgan fingerprint density at radius 2 is 2.16 bits per heavy atom. The number of nitrogens with one attached hydrogen (secondary N) is 2. The third kappa shape index (κ3) is 2.95. The van der Waals surface area contributed by atoms with E-state index in [9.17, 15) is 9.59 Å². The van der Waals surface area contributed by atoms with Gasteiger partial charge < -0.3 is 15.0 Å². The molecule has 0 aliphatic rings. The van der Waals surface area contributed by atoms with Gasteiger partial charge in [0.15, 0.2) is 0 Å². The average molecular weight is 279 g/mol. The lowest BCUT2D eigenvalue weighted by Crippen LogP contribution is -2.22. The standard InChI is InChI=1S/C13H11ClN2O3/c1-19-11-5-4-8(14)7-10(11)16-13(18)9-3-2-6-15-12(9)17/h2-7H,1H3,(H,15,17)(H,16,18). The zero-order chi connectivity index (χ0) is 13.8. The highest BCUT2D eigenvalue weighted by molar-refractivity contribution is 6.31. The van der Waals surface area contributed by atoms with E-state index in [0.29, 0.717) is 16.5 Å². The van der Waals surface area contributed by atoms with Crippen molar-refractivity contribution in [3.63, 3.8) is 0 Å². The number of aromatic amines is 1. The zero-order valence-electron chi connectivity index (χ0n) is 10.1. The van der Waals surface area contributed by atoms with Crippen LogP contribution in [0, 0.1) is 0 Å². The van der Waals surface area contributed by atoms with Crippen LogP contribution in [0.3, 0.4) is 0 Å². The van der Waals surface area contributed by atoms with Crippen molar-refractivity contribution in [1.82, 2.24) is 4.98 Å². The number of H-pyrrole nitrogens is 1. The fourth-order valence-electron chi connectivity index (χ4n) is 1.57. The van der Waals surface area contributed by atoms with Crippen molar-refractivity contribution in [3.8, 4) is 5.75 Å². The van der Waals surface area contributed by atoms with Gasteiger partial charge in [0.25, 0.3) is 11.5 Å². The van der Waals surface area contributed by atoms with Gasteiger partial charge in [-0.2, -0.15) is 0 Å². The van der Waals surface area contributed by atoms with Gasteiger partial charge in [-0.15, -0.1) is 0 Å². The summed E-state index contributed by atoms with van der Waals surface area (Å²) in [4.78, 5) is 25.9. The first kappa shape index (κ1) is 13.2. The minimum Gasteiger partial charge on any atom is -0.495 e. The largest absolute Gasteiger partial charge is 0.495 e. The lowest BCUT2D eigenvalue weighted by molar-refractivity contribution is 0.102. The molecule has 98 valence electrons. The number of benzene rings is 1. The van der Waals surface area contributed by atoms with E-state index in [1.54, 1.807) is 24.3 Å². The lowest BCUT2D eigenvalue weighted by atomic mass is 10.2. The monoisotopic (exact) mass is 278 g/mol. The van der Waals surface area contributed by atoms with Crippen molar-refractivity contribution in [1.29, 1.82) is 0 Å². The van der Waals surface area contributed by atoms with Crippen LogP contribution in [0.4, 0.5) is 5.69 Å². The number of carbonyl (C=O) groups is 1. The molecule has 1 amide bonds. The highest BCUT2D eigenvalue weighted by Gasteiger charge is 2.12. The molecular weight excluding hydrogens is 268 g/mol. The van der Waals surface area contributed by atoms with Crippen molar-refractivity contribution < 1.29 is 9.53 Å². The number of hydrogen-bond donors (Lipinski definition) is 2. The highest BCUT2D eigenvalue weighted by Crippen LogP contribution is 2.27. The Balaban J connectivity index is 2.32. The topological polar surface area (TPSA) is 71.2 Å². The molecular formula is C13H11ClN2O3. The number of carbonyl (C=O) groups excluding carboxylic acids is 1. The number of pyridine rings is 1. The van der Waals surface area contributed by atoms with Gasteiger partial charge in [-0.3, -0.25) is 9.59 Å². The van der Waals surface area contributed by atoms with Crippen molar-refractivity contribution in [2.45, 2.75) is 0 Å². The molecule has 1 heterocycles. The smallest absolute Gasteiger partial charge is 0.261 e. The normalized spacial score (nSPS) is 10.0. The molecule has 0 spiro atoms. The molecule has 19 heavy (non-hydrogen) atoms. The molecule has 0 radical (unpaired) electrons. The van der Waals surface area contributed by atoms with Crippen LogP contribution in [-0.4, -0.2) is 18.0 Å². The van der Waals surface area contributed by atoms with Gasteiger partial charge in [-0.05, 0) is 30.3 Å². The number of ether oxygens (including phenoxy) is 1. The molecule has 6 heteroatoms. The summed E-state index contributed by atoms with van der Waals surface area (Å²) in [5.74, 6) is -0.0625. The van der Waals surface area contributed by atoms with E-state index in [1.807, 2.05) is 0 Å². The van der Waals surface area contributed by atoms with E-state index in [4.69, 9.17) is 16.3 Å². The molecule has 2 rings (SSSR count). The summed E-state index contributed by atoms with van der Waals surface area (Å²) in [6.07, 6.45) is 1.46. The van der Waals surface area contributed by atoms with Crippen LogP contribution < -0.4 is 15.6 Å². The molecule has 1 aromatic carbocycles. The SMILES string of the molecule is COc1ccc(Cl)cc1NC(=O)c1ccc[nH]c1=O. The molecule has 0 fully saturated rings. The average Bonchev–Trinajstić information content (AvgIpc) is 2.39. The van der Waals surface area contributed by atoms with Crippen LogP contribution in [0.15, 0.2) is 41.3 Å². The maximum absolute atomic E-state index is 12.0. The number of halogens is 1. The molecule has 0 saturated carbocycles. The quantitative estimate of drug-likeness (QED) is 0.905. The molecule has 0 unspecified atom stereocenters. The summed E-state index contributed by atoms with van der Waals surface area (Å²) in [7, 11) is 1.48. The van der Waals surface area contributed by atoms with Crippen molar-refractivity contribution >= 4 is 23.2 Å². The van der Waals surface area contributed by atoms with E-state index >= 15 is 0 Å². The molecule has 0 aliphatic carbocycles. The summed E-state index contributed by atoms with van der Waals surface area (Å²) in [5.41, 5.74) is -0.0335. The maximum Gasteiger partial charge on any atom is 0.261 e. The predicted octanol–water partition coefficient (Wildman–Crippen LogP) is 2.29. The second-order valence-electron chi connectivity index (χ2n) is 3.71. The van der Waals surface area contributed by atoms with Crippen LogP contribution in [0.1, 0.15) is 10.4 Å². The summed E-state index contributed by atoms with van der Waals surface area (Å²) >= 11 is 5.86. The Bertz CT molecular complexity index is 667. The highest BCUT2D eigenvalue weighted by atomic mass is 35.5. The van der Waals surface area contributed by atoms with E-state index in [0.717, 1.165) is 0 Å². The molecule has 0 saturated heterocycles. The van der Waals surface area contributed by atoms with Gasteiger partial charge >= 0.3 is 0 Å². The fraction of sp³-hybridized carbons (Fsp3) is 0.0769. The zero-order valence-corrected chi connectivity index (χ0v) is 10.8. The Morgan fingerprint density at radius 1 is 1.37 bits per heavy atom. The number of rotatable bonds is 3. The fourth-order valence-corrected chi connectivity index (χ4v) is 1.74. The summed E-state index contributed by atoms with van der Waals surface area (Å²) < 4.78 is 5.11. The molecule has 1 aromatic heterocycles. The van der Waals surface area contributed by atoms with Gasteiger partial charge in [0.05, 0.1) is 12.8 Å². The van der Waals surface area contributed by atoms with Gasteiger partial charge in [0.2, 0.25) is 0 Å². The molecule has 5 nitrogen and oxygen atoms in total. The van der Waals surface area contributed by atoms with E-state index in [-0.39, 0.29) is 5.56 Å². The van der Waals surface area contributed by atoms with Crippen LogP contribution in [0.5, 0.6) is 5.75 Å². The third-order valence-corrected chi connectivity index (χ3v) is 2.71. The minimum atomic E-state index is -0.526. The van der Waals surface area contributed by atoms with E-state index < -0.39 is 11.5 Å². The summed E-state index contributed by atoms with van der Waals surface area (Å²) in [6, 6.07) is 7.84. The van der Waals surface area contributed by atoms with Crippen LogP contribution >= 0.6 is 11.6 Å². The van der Waals surface area contributed by atoms with Crippen LogP contribution in [0.25, 0.3) is 0 Å². The first-order valence-electron chi connectivity index (χ1n) is 5.44. The van der Waals surface area contributed by atoms with E-state index in [2.05, 4.69) is 10.3 Å². The summed E-state index contributed by atoms with van der Waals surface area (Å²) in [6.45, 7) is 0. The number of aromatic nitrogens is 1. The Kier molecular flexibility index (Phi) is 3.87. The third-order valence-electron chi connectivity index (χ3n) is 2.47. The maximum atomic E-state index is 12.0. The number of hydrogen-bond acceptors (Lipinski definition) is 3. The van der Waals surface area contributed by atoms with Crippen LogP contribution in [0.2, 0.25) is 5.02 Å². The Morgan fingerprint density at radius 3 is 2.84 bits per heavy atom. The summed E-state index contributed by atoms with van der Waals surface area (Å²) in [5, 5.41) is 3.05. The van der Waals surface area contributed by atoms with Crippen molar-refractivity contribution in [2.24, 2.45) is 0 Å². The second kappa shape index (κ2) is 5.58. The Hall–Kier alpha value is -2.27. The number of anilines is 1. The number of amides is 1. The van der Waals surface area contributed by atoms with E-state index in [1.165, 1.54) is 19.4 Å². The minimum absolute atomic E-state index is 0.0181. The molecule has 0 atom stereocenters. The molecule has 0 aliphatic heterocycles. The number of methoxy groups -OCH3 is 1. The van der Waals surface area contributed by atoms with Gasteiger partial charge in [0, 0.05) is 11.2 Å². The van der Waals surface area contributed by atoms with Gasteiger partial charge in [-0.25, -0.2) is 0 Å². The predicted molar refractivity (Wildman–Crippen MR) is 73.0 cm³/mol. The van der Waals surface area contributed by atoms with Crippen molar-refractivity contribution in [3.05, 3.63) is 57.5 Å². The lowest BCUT2D eigenvalue weighted by Gasteiger charge is -2.10. The molecule has 0 bridgehead atoms. The molecule has 2 aromatic rings. The van der Waals surface area contributed by atoms with Gasteiger partial charge in [-0.1, -0.05) is 11.6 Å². The first-order chi connectivity index (χ1) is 9.11. The Labute approximate surface area is 114 Å². The second-order valence-corrected chi connectivity index (χ2v) is 4.15. The molecule has 2 N–H and O–H groups in total. The van der Waals surface area contributed by atoms with Crippen LogP contribution in [-0.2, 0) is 0 Å².